The highest BCUT2D eigenvalue weighted by Crippen LogP contribution is 2.16. The van der Waals surface area contributed by atoms with E-state index in [2.05, 4.69) is 0 Å². The fourth-order valence-electron chi connectivity index (χ4n) is 1.09. The van der Waals surface area contributed by atoms with Crippen LogP contribution in [-0.4, -0.2) is 41.4 Å². The minimum atomic E-state index is -5.16. The molecule has 0 radical (unpaired) electrons. The summed E-state index contributed by atoms with van der Waals surface area (Å²) in [6.07, 6.45) is -5.83. The van der Waals surface area contributed by atoms with Crippen molar-refractivity contribution in [2.24, 2.45) is 0 Å². The lowest BCUT2D eigenvalue weighted by molar-refractivity contribution is -0.177. The first-order chi connectivity index (χ1) is 8.86. The third kappa shape index (κ3) is 7.32. The van der Waals surface area contributed by atoms with E-state index in [1.165, 1.54) is 26.1 Å². The summed E-state index contributed by atoms with van der Waals surface area (Å²) < 4.78 is 41.3. The number of hydrogen-bond donors (Lipinski definition) is 1. The molecule has 0 saturated heterocycles. The molecule has 1 atom stereocenters. The van der Waals surface area contributed by atoms with Gasteiger partial charge in [-0.1, -0.05) is 0 Å². The summed E-state index contributed by atoms with van der Waals surface area (Å²) in [4.78, 5) is 33.7. The van der Waals surface area contributed by atoms with Crippen LogP contribution >= 0.6 is 11.6 Å². The van der Waals surface area contributed by atoms with E-state index in [0.29, 0.717) is 0 Å². The Morgan fingerprint density at radius 1 is 1.20 bits per heavy atom. The first kappa shape index (κ1) is 18.7. The van der Waals surface area contributed by atoms with Gasteiger partial charge in [-0.05, 0) is 20.8 Å². The summed E-state index contributed by atoms with van der Waals surface area (Å²) in [7, 11) is 0. The molecule has 9 heteroatoms. The molecule has 0 rings (SSSR count). The van der Waals surface area contributed by atoms with Crippen LogP contribution in [0.3, 0.4) is 0 Å². The molecule has 0 aliphatic heterocycles. The smallest absolute Gasteiger partial charge is 0.458 e. The van der Waals surface area contributed by atoms with Gasteiger partial charge in [0, 0.05) is 6.42 Å². The van der Waals surface area contributed by atoms with Crippen molar-refractivity contribution in [1.29, 1.82) is 0 Å². The number of carbonyl (C=O) groups excluding carboxylic acids is 3. The number of nitrogens with one attached hydrogen (secondary N) is 1. The maximum atomic E-state index is 12.2. The summed E-state index contributed by atoms with van der Waals surface area (Å²) in [5, 5.41) is 1.43. The van der Waals surface area contributed by atoms with Crippen molar-refractivity contribution in [2.45, 2.75) is 45.0 Å². The summed E-state index contributed by atoms with van der Waals surface area (Å²) in [6.45, 7) is 4.49. The quantitative estimate of drug-likeness (QED) is 0.617. The lowest BCUT2D eigenvalue weighted by atomic mass is 10.1. The summed E-state index contributed by atoms with van der Waals surface area (Å²) in [5.41, 5.74) is -0.970. The monoisotopic (exact) mass is 317 g/mol. The maximum Gasteiger partial charge on any atom is 0.471 e. The van der Waals surface area contributed by atoms with Crippen molar-refractivity contribution in [3.05, 3.63) is 0 Å². The van der Waals surface area contributed by atoms with Gasteiger partial charge in [-0.25, -0.2) is 4.79 Å². The molecule has 5 nitrogen and oxygen atoms in total. The van der Waals surface area contributed by atoms with E-state index in [0.717, 1.165) is 0 Å². The number of ether oxygens (including phenoxy) is 1. The molecular formula is C11H15ClF3NO4. The third-order valence-electron chi connectivity index (χ3n) is 1.83. The molecule has 0 fully saturated rings. The number of carbonyl (C=O) groups is 3. The Morgan fingerprint density at radius 3 is 2.05 bits per heavy atom. The van der Waals surface area contributed by atoms with Crippen molar-refractivity contribution >= 4 is 29.3 Å². The molecule has 0 heterocycles. The van der Waals surface area contributed by atoms with E-state index < -0.39 is 47.8 Å². The van der Waals surface area contributed by atoms with Crippen molar-refractivity contribution in [3.8, 4) is 0 Å². The summed E-state index contributed by atoms with van der Waals surface area (Å²) in [5.74, 6) is -4.63. The van der Waals surface area contributed by atoms with Crippen molar-refractivity contribution < 1.29 is 32.3 Å². The van der Waals surface area contributed by atoms with Crippen LogP contribution in [0.25, 0.3) is 0 Å². The zero-order valence-electron chi connectivity index (χ0n) is 11.1. The van der Waals surface area contributed by atoms with E-state index in [-0.39, 0.29) is 0 Å². The van der Waals surface area contributed by atoms with Gasteiger partial charge in [0.25, 0.3) is 0 Å². The van der Waals surface area contributed by atoms with Gasteiger partial charge in [-0.2, -0.15) is 13.2 Å². The first-order valence-corrected chi connectivity index (χ1v) is 6.08. The van der Waals surface area contributed by atoms with Crippen LogP contribution in [-0.2, 0) is 19.1 Å². The van der Waals surface area contributed by atoms with Gasteiger partial charge >= 0.3 is 18.1 Å². The Morgan fingerprint density at radius 2 is 1.70 bits per heavy atom. The first-order valence-electron chi connectivity index (χ1n) is 5.55. The van der Waals surface area contributed by atoms with Crippen molar-refractivity contribution in [3.63, 3.8) is 0 Å². The Bertz CT molecular complexity index is 390. The molecule has 1 unspecified atom stereocenters. The minimum Gasteiger partial charge on any atom is -0.458 e. The summed E-state index contributed by atoms with van der Waals surface area (Å²) >= 11 is 5.22. The number of amides is 1. The average Bonchev–Trinajstić information content (AvgIpc) is 2.23. The largest absolute Gasteiger partial charge is 0.471 e. The van der Waals surface area contributed by atoms with Crippen molar-refractivity contribution in [1.82, 2.24) is 5.32 Å². The Kier molecular flexibility index (Phi) is 6.46. The van der Waals surface area contributed by atoms with Crippen LogP contribution in [0.5, 0.6) is 0 Å². The Labute approximate surface area is 118 Å². The van der Waals surface area contributed by atoms with Crippen molar-refractivity contribution in [2.75, 3.05) is 5.88 Å². The normalized spacial score (nSPS) is 13.6. The second-order valence-electron chi connectivity index (χ2n) is 4.93. The molecule has 20 heavy (non-hydrogen) atoms. The lowest BCUT2D eigenvalue weighted by Crippen LogP contribution is -2.49. The average molecular weight is 318 g/mol. The van der Waals surface area contributed by atoms with Crippen LogP contribution in [0.1, 0.15) is 27.2 Å². The van der Waals surface area contributed by atoms with Crippen LogP contribution in [0, 0.1) is 0 Å². The zero-order chi connectivity index (χ0) is 16.1. The van der Waals surface area contributed by atoms with Gasteiger partial charge in [0.05, 0.1) is 5.88 Å². The maximum absolute atomic E-state index is 12.2. The molecule has 0 aliphatic rings. The predicted octanol–water partition coefficient (Wildman–Crippen LogP) is 1.57. The van der Waals surface area contributed by atoms with Crippen LogP contribution < -0.4 is 5.32 Å². The molecule has 0 bridgehead atoms. The molecule has 0 aromatic heterocycles. The highest BCUT2D eigenvalue weighted by Gasteiger charge is 2.41. The van der Waals surface area contributed by atoms with E-state index in [1.807, 2.05) is 0 Å². The number of alkyl halides is 4. The van der Waals surface area contributed by atoms with Crippen LogP contribution in [0.4, 0.5) is 13.2 Å². The van der Waals surface area contributed by atoms with Gasteiger partial charge in [0.2, 0.25) is 0 Å². The number of hydrogen-bond acceptors (Lipinski definition) is 4. The fraction of sp³-hybridized carbons (Fsp3) is 0.727. The molecule has 1 amide bonds. The van der Waals surface area contributed by atoms with Crippen LogP contribution in [0.15, 0.2) is 0 Å². The highest BCUT2D eigenvalue weighted by atomic mass is 35.5. The highest BCUT2D eigenvalue weighted by molar-refractivity contribution is 6.27. The molecule has 1 N–H and O–H groups in total. The lowest BCUT2D eigenvalue weighted by Gasteiger charge is -2.24. The van der Waals surface area contributed by atoms with Gasteiger partial charge in [-0.3, -0.25) is 9.59 Å². The van der Waals surface area contributed by atoms with E-state index in [4.69, 9.17) is 16.3 Å². The summed E-state index contributed by atoms with van der Waals surface area (Å²) in [6, 6.07) is -1.73. The Hall–Kier alpha value is -1.31. The second kappa shape index (κ2) is 6.92. The molecule has 116 valence electrons. The molecule has 0 aromatic rings. The molecule has 0 spiro atoms. The number of ketones is 1. The molecule has 0 aliphatic carbocycles. The van der Waals surface area contributed by atoms with E-state index in [9.17, 15) is 27.6 Å². The topological polar surface area (TPSA) is 72.5 Å². The molecule has 0 saturated carbocycles. The fourth-order valence-corrected chi connectivity index (χ4v) is 1.20. The van der Waals surface area contributed by atoms with Gasteiger partial charge in [-0.15, -0.1) is 11.6 Å². The number of halogens is 4. The predicted molar refractivity (Wildman–Crippen MR) is 64.2 cm³/mol. The minimum absolute atomic E-state index is 0.485. The van der Waals surface area contributed by atoms with Crippen LogP contribution in [0.2, 0.25) is 0 Å². The van der Waals surface area contributed by atoms with E-state index in [1.54, 1.807) is 0 Å². The number of Topliss-reactive ketones (excluding diaryl/α,β-unsaturated/α-hetero) is 1. The molecule has 0 aromatic carbocycles. The Balaban J connectivity index is 4.95. The third-order valence-corrected chi connectivity index (χ3v) is 2.13. The zero-order valence-corrected chi connectivity index (χ0v) is 11.9. The van der Waals surface area contributed by atoms with Gasteiger partial charge < -0.3 is 10.1 Å². The standard InChI is InChI=1S/C11H15ClF3NO4/c1-10(2,3)20-8(18)7(4-6(17)5-12)16-9(19)11(13,14)15/h7H,4-5H2,1-3H3,(H,16,19). The number of rotatable bonds is 5. The molecular weight excluding hydrogens is 303 g/mol. The van der Waals surface area contributed by atoms with E-state index >= 15 is 0 Å². The van der Waals surface area contributed by atoms with Gasteiger partial charge in [0.1, 0.15) is 17.4 Å². The van der Waals surface area contributed by atoms with Gasteiger partial charge in [0.15, 0.2) is 0 Å². The second-order valence-corrected chi connectivity index (χ2v) is 5.20. The number of esters is 1. The SMILES string of the molecule is CC(C)(C)OC(=O)C(CC(=O)CCl)NC(=O)C(F)(F)F.